The Kier molecular flexibility index (Phi) is 4.74. The van der Waals surface area contributed by atoms with Gasteiger partial charge < -0.3 is 10.1 Å². The molecular weight excluding hydrogens is 236 g/mol. The van der Waals surface area contributed by atoms with Crippen LogP contribution in [0, 0.1) is 5.92 Å². The third kappa shape index (κ3) is 3.93. The largest absolute Gasteiger partial charge is 0.491 e. The molecule has 102 valence electrons. The fraction of sp³-hybridized carbons (Fsp3) is 0.438. The summed E-state index contributed by atoms with van der Waals surface area (Å²) in [5.41, 5.74) is 1.00. The van der Waals surface area contributed by atoms with Gasteiger partial charge in [0.05, 0.1) is 11.7 Å². The van der Waals surface area contributed by atoms with E-state index < -0.39 is 0 Å². The zero-order chi connectivity index (χ0) is 13.7. The quantitative estimate of drug-likeness (QED) is 0.808. The maximum atomic E-state index is 5.72. The van der Waals surface area contributed by atoms with Gasteiger partial charge in [0.15, 0.2) is 0 Å². The van der Waals surface area contributed by atoms with Crippen molar-refractivity contribution in [1.82, 2.24) is 10.3 Å². The smallest absolute Gasteiger partial charge is 0.138 e. The van der Waals surface area contributed by atoms with Gasteiger partial charge in [0.1, 0.15) is 12.4 Å². The molecule has 0 bridgehead atoms. The number of nitrogens with one attached hydrogen (secondary N) is 1. The fourth-order valence-corrected chi connectivity index (χ4v) is 1.82. The van der Waals surface area contributed by atoms with Crippen LogP contribution in [0.2, 0.25) is 0 Å². The molecular formula is C16H22N2O. The highest BCUT2D eigenvalue weighted by molar-refractivity contribution is 5.79. The first-order valence-electron chi connectivity index (χ1n) is 6.88. The molecule has 1 aromatic carbocycles. The van der Waals surface area contributed by atoms with Crippen molar-refractivity contribution < 1.29 is 4.74 Å². The van der Waals surface area contributed by atoms with Gasteiger partial charge in [-0.2, -0.15) is 0 Å². The Morgan fingerprint density at radius 3 is 2.79 bits per heavy atom. The molecule has 0 aliphatic carbocycles. The van der Waals surface area contributed by atoms with Crippen LogP contribution in [0.4, 0.5) is 0 Å². The summed E-state index contributed by atoms with van der Waals surface area (Å²) in [6.45, 7) is 8.14. The van der Waals surface area contributed by atoms with Crippen molar-refractivity contribution in [2.24, 2.45) is 5.92 Å². The number of pyridine rings is 1. The third-order valence-electron chi connectivity index (χ3n) is 3.40. The van der Waals surface area contributed by atoms with Crippen molar-refractivity contribution in [3.05, 3.63) is 36.5 Å². The number of aromatic nitrogens is 1. The molecule has 1 aromatic heterocycles. The van der Waals surface area contributed by atoms with Crippen molar-refractivity contribution in [1.29, 1.82) is 0 Å². The van der Waals surface area contributed by atoms with Crippen LogP contribution in [0.15, 0.2) is 36.5 Å². The van der Waals surface area contributed by atoms with Gasteiger partial charge in [0.2, 0.25) is 0 Å². The highest BCUT2D eigenvalue weighted by atomic mass is 16.5. The van der Waals surface area contributed by atoms with E-state index in [-0.39, 0.29) is 0 Å². The van der Waals surface area contributed by atoms with Crippen molar-refractivity contribution >= 4 is 10.9 Å². The number of para-hydroxylation sites is 1. The minimum absolute atomic E-state index is 0.512. The molecule has 2 aromatic rings. The van der Waals surface area contributed by atoms with Crippen LogP contribution in [0.1, 0.15) is 20.8 Å². The van der Waals surface area contributed by atoms with Crippen molar-refractivity contribution in [3.8, 4) is 5.75 Å². The highest BCUT2D eigenvalue weighted by Gasteiger charge is 2.05. The second-order valence-electron chi connectivity index (χ2n) is 5.20. The van der Waals surface area contributed by atoms with Crippen molar-refractivity contribution in [2.45, 2.75) is 26.8 Å². The van der Waals surface area contributed by atoms with Crippen LogP contribution in [0.5, 0.6) is 5.75 Å². The van der Waals surface area contributed by atoms with Crippen LogP contribution in [-0.4, -0.2) is 24.2 Å². The first-order chi connectivity index (χ1) is 9.16. The van der Waals surface area contributed by atoms with Gasteiger partial charge in [-0.15, -0.1) is 0 Å². The zero-order valence-corrected chi connectivity index (χ0v) is 11.9. The Morgan fingerprint density at radius 2 is 2.00 bits per heavy atom. The molecule has 3 nitrogen and oxygen atoms in total. The topological polar surface area (TPSA) is 34.1 Å². The van der Waals surface area contributed by atoms with Crippen LogP contribution in [0.25, 0.3) is 10.9 Å². The maximum absolute atomic E-state index is 5.72. The molecule has 2 rings (SSSR count). The van der Waals surface area contributed by atoms with E-state index in [4.69, 9.17) is 4.74 Å². The van der Waals surface area contributed by atoms with Crippen LogP contribution < -0.4 is 10.1 Å². The normalized spacial score (nSPS) is 12.8. The SMILES string of the molecule is CC(C)C(C)NCCOc1cnc2ccccc2c1. The Hall–Kier alpha value is -1.61. The molecule has 1 atom stereocenters. The van der Waals surface area contributed by atoms with Gasteiger partial charge in [-0.1, -0.05) is 32.0 Å². The van der Waals surface area contributed by atoms with Crippen molar-refractivity contribution in [3.63, 3.8) is 0 Å². The number of nitrogens with zero attached hydrogens (tertiary/aromatic N) is 1. The second-order valence-corrected chi connectivity index (χ2v) is 5.20. The molecule has 0 spiro atoms. The van der Waals surface area contributed by atoms with Gasteiger partial charge in [0, 0.05) is 18.0 Å². The summed E-state index contributed by atoms with van der Waals surface area (Å²) < 4.78 is 5.72. The summed E-state index contributed by atoms with van der Waals surface area (Å²) in [4.78, 5) is 4.38. The van der Waals surface area contributed by atoms with E-state index in [2.05, 4.69) is 31.1 Å². The Bertz CT molecular complexity index is 525. The molecule has 0 aliphatic heterocycles. The second kappa shape index (κ2) is 6.53. The first kappa shape index (κ1) is 13.8. The van der Waals surface area contributed by atoms with E-state index >= 15 is 0 Å². The van der Waals surface area contributed by atoms with Gasteiger partial charge in [0.25, 0.3) is 0 Å². The monoisotopic (exact) mass is 258 g/mol. The average molecular weight is 258 g/mol. The number of rotatable bonds is 6. The summed E-state index contributed by atoms with van der Waals surface area (Å²) in [7, 11) is 0. The lowest BCUT2D eigenvalue weighted by Crippen LogP contribution is -2.33. The Morgan fingerprint density at radius 1 is 1.21 bits per heavy atom. The van der Waals surface area contributed by atoms with E-state index in [0.717, 1.165) is 23.2 Å². The molecule has 0 saturated heterocycles. The Balaban J connectivity index is 1.85. The molecule has 19 heavy (non-hydrogen) atoms. The summed E-state index contributed by atoms with van der Waals surface area (Å²) in [5.74, 6) is 1.47. The predicted molar refractivity (Wildman–Crippen MR) is 79.5 cm³/mol. The van der Waals surface area contributed by atoms with E-state index in [0.29, 0.717) is 18.6 Å². The lowest BCUT2D eigenvalue weighted by Gasteiger charge is -2.17. The molecule has 1 N–H and O–H groups in total. The predicted octanol–water partition coefficient (Wildman–Crippen LogP) is 3.25. The standard InChI is InChI=1S/C16H22N2O/c1-12(2)13(3)17-8-9-19-15-10-14-6-4-5-7-16(14)18-11-15/h4-7,10-13,17H,8-9H2,1-3H3. The number of ether oxygens (including phenoxy) is 1. The van der Waals surface area contributed by atoms with Gasteiger partial charge in [-0.25, -0.2) is 0 Å². The van der Waals surface area contributed by atoms with Gasteiger partial charge in [-0.05, 0) is 25.0 Å². The minimum atomic E-state index is 0.512. The minimum Gasteiger partial charge on any atom is -0.491 e. The van der Waals surface area contributed by atoms with E-state index in [1.165, 1.54) is 0 Å². The van der Waals surface area contributed by atoms with Crippen LogP contribution >= 0.6 is 0 Å². The summed E-state index contributed by atoms with van der Waals surface area (Å²) in [6.07, 6.45) is 1.79. The molecule has 0 amide bonds. The van der Waals surface area contributed by atoms with E-state index in [9.17, 15) is 0 Å². The fourth-order valence-electron chi connectivity index (χ4n) is 1.82. The van der Waals surface area contributed by atoms with E-state index in [1.54, 1.807) is 6.20 Å². The van der Waals surface area contributed by atoms with E-state index in [1.807, 2.05) is 30.3 Å². The van der Waals surface area contributed by atoms with Crippen LogP contribution in [-0.2, 0) is 0 Å². The molecule has 1 heterocycles. The maximum Gasteiger partial charge on any atom is 0.138 e. The molecule has 0 aliphatic rings. The molecule has 0 saturated carbocycles. The van der Waals surface area contributed by atoms with Gasteiger partial charge in [-0.3, -0.25) is 4.98 Å². The number of hydrogen-bond donors (Lipinski definition) is 1. The molecule has 0 radical (unpaired) electrons. The lowest BCUT2D eigenvalue weighted by molar-refractivity contribution is 0.296. The lowest BCUT2D eigenvalue weighted by atomic mass is 10.1. The summed E-state index contributed by atoms with van der Waals surface area (Å²) in [5, 5.41) is 4.56. The molecule has 0 fully saturated rings. The first-order valence-corrected chi connectivity index (χ1v) is 6.88. The zero-order valence-electron chi connectivity index (χ0n) is 11.9. The number of hydrogen-bond acceptors (Lipinski definition) is 3. The average Bonchev–Trinajstić information content (AvgIpc) is 2.43. The van der Waals surface area contributed by atoms with Crippen LogP contribution in [0.3, 0.4) is 0 Å². The summed E-state index contributed by atoms with van der Waals surface area (Å²) >= 11 is 0. The third-order valence-corrected chi connectivity index (χ3v) is 3.40. The highest BCUT2D eigenvalue weighted by Crippen LogP contribution is 2.17. The summed E-state index contributed by atoms with van der Waals surface area (Å²) in [6, 6.07) is 10.6. The Labute approximate surface area is 115 Å². The number of fused-ring (bicyclic) bond motifs is 1. The molecule has 3 heteroatoms. The van der Waals surface area contributed by atoms with Gasteiger partial charge >= 0.3 is 0 Å². The number of benzene rings is 1. The molecule has 1 unspecified atom stereocenters. The van der Waals surface area contributed by atoms with Crippen molar-refractivity contribution in [2.75, 3.05) is 13.2 Å².